The number of amides is 2. The summed E-state index contributed by atoms with van der Waals surface area (Å²) in [6.45, 7) is 3.66. The molecule has 0 fully saturated rings. The number of primary amides is 1. The zero-order valence-corrected chi connectivity index (χ0v) is 23.2. The summed E-state index contributed by atoms with van der Waals surface area (Å²) >= 11 is 0.752. The number of aryl methyl sites for hydroxylation is 2. The van der Waals surface area contributed by atoms with Gasteiger partial charge in [-0.3, -0.25) is 24.4 Å². The molecule has 0 saturated carbocycles. The number of alkyl halides is 2. The van der Waals surface area contributed by atoms with Crippen LogP contribution in [0.3, 0.4) is 0 Å². The van der Waals surface area contributed by atoms with Gasteiger partial charge in [0.25, 0.3) is 18.2 Å². The van der Waals surface area contributed by atoms with Gasteiger partial charge in [0, 0.05) is 42.0 Å². The van der Waals surface area contributed by atoms with Crippen molar-refractivity contribution in [2.45, 2.75) is 33.5 Å². The first-order chi connectivity index (χ1) is 20.5. The molecule has 3 N–H and O–H groups in total. The maximum absolute atomic E-state index is 13.8. The van der Waals surface area contributed by atoms with Gasteiger partial charge in [-0.25, -0.2) is 22.8 Å². The first kappa shape index (κ1) is 29.2. The third kappa shape index (κ3) is 5.74. The Kier molecular flexibility index (Phi) is 7.81. The van der Waals surface area contributed by atoms with Gasteiger partial charge in [-0.1, -0.05) is 0 Å². The van der Waals surface area contributed by atoms with Crippen LogP contribution in [0.15, 0.2) is 42.7 Å². The Labute approximate surface area is 243 Å². The van der Waals surface area contributed by atoms with E-state index in [4.69, 9.17) is 10.5 Å². The van der Waals surface area contributed by atoms with Gasteiger partial charge >= 0.3 is 5.69 Å². The maximum atomic E-state index is 13.8. The largest absolute Gasteiger partial charge is 0.464 e. The number of benzene rings is 1. The van der Waals surface area contributed by atoms with Gasteiger partial charge in [0.1, 0.15) is 21.2 Å². The molecule has 0 spiro atoms. The van der Waals surface area contributed by atoms with E-state index in [1.54, 1.807) is 17.8 Å². The summed E-state index contributed by atoms with van der Waals surface area (Å²) in [5.74, 6) is -2.80. The second-order valence-electron chi connectivity index (χ2n) is 9.07. The van der Waals surface area contributed by atoms with Gasteiger partial charge in [-0.05, 0) is 37.6 Å². The predicted molar refractivity (Wildman–Crippen MR) is 149 cm³/mol. The lowest BCUT2D eigenvalue weighted by molar-refractivity contribution is -0.386. The van der Waals surface area contributed by atoms with E-state index >= 15 is 0 Å². The number of pyridine rings is 1. The lowest BCUT2D eigenvalue weighted by atomic mass is 10.0. The van der Waals surface area contributed by atoms with E-state index in [1.165, 1.54) is 18.3 Å². The number of nitro groups is 1. The molecule has 4 heterocycles. The molecule has 0 aliphatic rings. The summed E-state index contributed by atoms with van der Waals surface area (Å²) in [5.41, 5.74) is 5.70. The van der Waals surface area contributed by atoms with Gasteiger partial charge in [0.05, 0.1) is 16.3 Å². The fraction of sp³-hybridized carbons (Fsp3) is 0.192. The van der Waals surface area contributed by atoms with Crippen LogP contribution in [0.4, 0.5) is 24.5 Å². The molecule has 0 aliphatic heterocycles. The quantitative estimate of drug-likeness (QED) is 0.162. The van der Waals surface area contributed by atoms with E-state index in [0.717, 1.165) is 34.2 Å². The predicted octanol–water partition coefficient (Wildman–Crippen LogP) is 5.06. The second-order valence-corrected chi connectivity index (χ2v) is 10.1. The molecule has 0 saturated heterocycles. The third-order valence-corrected chi connectivity index (χ3v) is 7.37. The van der Waals surface area contributed by atoms with Crippen LogP contribution >= 0.6 is 11.3 Å². The molecule has 5 rings (SSSR count). The average Bonchev–Trinajstić information content (AvgIpc) is 3.68. The summed E-state index contributed by atoms with van der Waals surface area (Å²) in [4.78, 5) is 40.1. The van der Waals surface area contributed by atoms with Crippen molar-refractivity contribution in [3.05, 3.63) is 80.6 Å². The highest BCUT2D eigenvalue weighted by molar-refractivity contribution is 7.21. The molecule has 17 heteroatoms. The zero-order valence-electron chi connectivity index (χ0n) is 22.4. The number of anilines is 1. The number of fused-ring (bicyclic) bond motifs is 1. The molecule has 5 aromatic rings. The summed E-state index contributed by atoms with van der Waals surface area (Å²) in [7, 11) is 0. The Morgan fingerprint density at radius 1 is 1.19 bits per heavy atom. The minimum atomic E-state index is -2.91. The number of aromatic nitrogens is 5. The molecule has 1 aromatic carbocycles. The van der Waals surface area contributed by atoms with Gasteiger partial charge in [0.2, 0.25) is 5.75 Å². The number of hydrogen-bond donors (Lipinski definition) is 2. The number of rotatable bonds is 10. The van der Waals surface area contributed by atoms with E-state index in [1.807, 2.05) is 6.92 Å². The van der Waals surface area contributed by atoms with Gasteiger partial charge in [-0.2, -0.15) is 10.2 Å². The SMILES string of the molecule is CCn1cc(-c2cc(C(F)F)nc3sc(C(N)=O)c(NC(=O)c4ccn(COc5cc(F)ccc5[N+](=O)[O-])n4)c23)c(C)n1. The lowest BCUT2D eigenvalue weighted by Crippen LogP contribution is -2.18. The number of carbonyl (C=O) groups is 2. The van der Waals surface area contributed by atoms with E-state index in [0.29, 0.717) is 17.8 Å². The average molecular weight is 615 g/mol. The van der Waals surface area contributed by atoms with Crippen LogP contribution in [-0.2, 0) is 13.3 Å². The van der Waals surface area contributed by atoms with Crippen LogP contribution in [-0.4, -0.2) is 41.3 Å². The first-order valence-electron chi connectivity index (χ1n) is 12.5. The topological polar surface area (TPSA) is 173 Å². The van der Waals surface area contributed by atoms with Crippen LogP contribution in [0, 0.1) is 22.9 Å². The Morgan fingerprint density at radius 2 is 1.95 bits per heavy atom. The van der Waals surface area contributed by atoms with Crippen LogP contribution < -0.4 is 15.8 Å². The van der Waals surface area contributed by atoms with Gasteiger partial charge in [0.15, 0.2) is 12.4 Å². The molecule has 0 bridgehead atoms. The summed E-state index contributed by atoms with van der Waals surface area (Å²) < 4.78 is 49.3. The molecular weight excluding hydrogens is 593 g/mol. The number of thiophene rings is 1. The molecule has 13 nitrogen and oxygen atoms in total. The van der Waals surface area contributed by atoms with E-state index in [9.17, 15) is 32.9 Å². The minimum Gasteiger partial charge on any atom is -0.464 e. The summed E-state index contributed by atoms with van der Waals surface area (Å²) in [5, 5.41) is 22.5. The highest BCUT2D eigenvalue weighted by Crippen LogP contribution is 2.43. The Morgan fingerprint density at radius 3 is 2.60 bits per heavy atom. The van der Waals surface area contributed by atoms with Crippen molar-refractivity contribution in [3.8, 4) is 16.9 Å². The maximum Gasteiger partial charge on any atom is 0.311 e. The molecule has 0 aliphatic carbocycles. The minimum absolute atomic E-state index is 0.0364. The van der Waals surface area contributed by atoms with Crippen LogP contribution in [0.5, 0.6) is 5.75 Å². The molecule has 0 atom stereocenters. The van der Waals surface area contributed by atoms with Crippen LogP contribution in [0.1, 0.15) is 44.9 Å². The fourth-order valence-corrected chi connectivity index (χ4v) is 5.32. The van der Waals surface area contributed by atoms with Crippen molar-refractivity contribution in [1.29, 1.82) is 0 Å². The van der Waals surface area contributed by atoms with Crippen LogP contribution in [0.2, 0.25) is 0 Å². The van der Waals surface area contributed by atoms with Crippen molar-refractivity contribution in [2.24, 2.45) is 5.73 Å². The fourth-order valence-electron chi connectivity index (χ4n) is 4.30. The lowest BCUT2D eigenvalue weighted by Gasteiger charge is -2.10. The number of ether oxygens (including phenoxy) is 1. The van der Waals surface area contributed by atoms with Crippen molar-refractivity contribution < 1.29 is 32.4 Å². The second kappa shape index (κ2) is 11.5. The number of nitrogens with two attached hydrogens (primary N) is 1. The smallest absolute Gasteiger partial charge is 0.311 e. The number of halogens is 3. The number of carbonyl (C=O) groups excluding carboxylic acids is 2. The molecular formula is C26H21F3N8O5S. The first-order valence-corrected chi connectivity index (χ1v) is 13.3. The monoisotopic (exact) mass is 614 g/mol. The molecule has 4 aromatic heterocycles. The number of nitro benzene ring substituents is 1. The van der Waals surface area contributed by atoms with Crippen molar-refractivity contribution >= 4 is 44.7 Å². The molecule has 43 heavy (non-hydrogen) atoms. The van der Waals surface area contributed by atoms with Crippen molar-refractivity contribution in [1.82, 2.24) is 24.5 Å². The summed E-state index contributed by atoms with van der Waals surface area (Å²) in [6, 6.07) is 5.21. The molecule has 222 valence electrons. The van der Waals surface area contributed by atoms with Gasteiger partial charge < -0.3 is 15.8 Å². The zero-order chi connectivity index (χ0) is 31.0. The molecule has 2 amide bonds. The highest BCUT2D eigenvalue weighted by atomic mass is 32.1. The van der Waals surface area contributed by atoms with E-state index in [-0.39, 0.29) is 37.8 Å². The van der Waals surface area contributed by atoms with Crippen LogP contribution in [0.25, 0.3) is 21.3 Å². The summed E-state index contributed by atoms with van der Waals surface area (Å²) in [6.07, 6.45) is 0.0874. The standard InChI is InChI=1S/C26H21F3N8O5S/c1-3-35-10-15(12(2)33-35)14-9-17(23(28)29)31-26-20(14)21(22(43-26)24(30)38)32-25(39)16-6-7-36(34-16)11-42-19-8-13(27)4-5-18(19)37(40)41/h4-10,23H,3,11H2,1-2H3,(H2,30,38)(H,32,39). The molecule has 0 unspecified atom stereocenters. The number of nitrogens with zero attached hydrogens (tertiary/aromatic N) is 6. The highest BCUT2D eigenvalue weighted by Gasteiger charge is 2.27. The Bertz CT molecular complexity index is 1900. The van der Waals surface area contributed by atoms with Gasteiger partial charge in [-0.15, -0.1) is 11.3 Å². The molecule has 0 radical (unpaired) electrons. The number of hydrogen-bond acceptors (Lipinski definition) is 9. The van der Waals surface area contributed by atoms with E-state index < -0.39 is 47.1 Å². The van der Waals surface area contributed by atoms with E-state index in [2.05, 4.69) is 20.5 Å². The Balaban J connectivity index is 1.50. The van der Waals surface area contributed by atoms with Crippen molar-refractivity contribution in [3.63, 3.8) is 0 Å². The third-order valence-electron chi connectivity index (χ3n) is 6.27. The normalized spacial score (nSPS) is 11.3. The number of nitrogens with one attached hydrogen (secondary N) is 1. The Hall–Kier alpha value is -5.32. The van der Waals surface area contributed by atoms with Crippen molar-refractivity contribution in [2.75, 3.05) is 5.32 Å².